The van der Waals surface area contributed by atoms with Crippen molar-refractivity contribution in [1.29, 1.82) is 0 Å². The predicted octanol–water partition coefficient (Wildman–Crippen LogP) is 13.4. The molecule has 0 radical (unpaired) electrons. The molecule has 2 aliphatic carbocycles. The predicted molar refractivity (Wildman–Crippen MR) is 229 cm³/mol. The average molecular weight is 697 g/mol. The number of hydrogen-bond acceptors (Lipinski definition) is 0. The first-order valence-corrected chi connectivity index (χ1v) is 19.2. The summed E-state index contributed by atoms with van der Waals surface area (Å²) >= 11 is 0. The fraction of sp³-hybridized carbons (Fsp3) is 0.0189. The Bertz CT molecular complexity index is 3370. The second kappa shape index (κ2) is 10.5. The number of aromatic nitrogens is 2. The first kappa shape index (κ1) is 29.3. The summed E-state index contributed by atoms with van der Waals surface area (Å²) in [4.78, 5) is 0. The molecule has 0 fully saturated rings. The van der Waals surface area contributed by atoms with Crippen LogP contribution in [0.1, 0.15) is 22.3 Å². The van der Waals surface area contributed by atoms with E-state index in [1.54, 1.807) is 0 Å². The topological polar surface area (TPSA) is 9.86 Å². The zero-order chi connectivity index (χ0) is 35.8. The quantitative estimate of drug-likeness (QED) is 0.170. The van der Waals surface area contributed by atoms with Crippen LogP contribution >= 0.6 is 0 Å². The van der Waals surface area contributed by atoms with E-state index in [0.717, 1.165) is 5.69 Å². The molecule has 13 rings (SSSR count). The summed E-state index contributed by atoms with van der Waals surface area (Å²) in [5, 5.41) is 7.63. The summed E-state index contributed by atoms with van der Waals surface area (Å²) in [6, 6.07) is 72.5. The minimum Gasteiger partial charge on any atom is -0.309 e. The molecule has 0 bridgehead atoms. The first-order valence-electron chi connectivity index (χ1n) is 19.2. The number of rotatable bonds is 2. The molecule has 2 nitrogen and oxygen atoms in total. The van der Waals surface area contributed by atoms with Crippen LogP contribution in [-0.2, 0) is 5.41 Å². The molecule has 11 aromatic rings. The summed E-state index contributed by atoms with van der Waals surface area (Å²) in [6.07, 6.45) is 0. The van der Waals surface area contributed by atoms with Gasteiger partial charge in [0.2, 0.25) is 0 Å². The molecule has 0 N–H and O–H groups in total. The number of benzene rings is 9. The van der Waals surface area contributed by atoms with Crippen molar-refractivity contribution in [2.45, 2.75) is 5.41 Å². The van der Waals surface area contributed by atoms with Gasteiger partial charge in [-0.2, -0.15) is 0 Å². The maximum absolute atomic E-state index is 2.51. The van der Waals surface area contributed by atoms with E-state index < -0.39 is 5.41 Å². The summed E-state index contributed by atoms with van der Waals surface area (Å²) in [7, 11) is 0. The van der Waals surface area contributed by atoms with Crippen molar-refractivity contribution in [1.82, 2.24) is 9.13 Å². The lowest BCUT2D eigenvalue weighted by atomic mass is 9.70. The van der Waals surface area contributed by atoms with Crippen molar-refractivity contribution in [2.24, 2.45) is 0 Å². The highest BCUT2D eigenvalue weighted by Crippen LogP contribution is 2.63. The van der Waals surface area contributed by atoms with Gasteiger partial charge in [-0.3, -0.25) is 0 Å². The number of nitrogens with zero attached hydrogens (tertiary/aromatic N) is 2. The van der Waals surface area contributed by atoms with E-state index in [2.05, 4.69) is 203 Å². The number of fused-ring (bicyclic) bond motifs is 18. The molecule has 254 valence electrons. The summed E-state index contributed by atoms with van der Waals surface area (Å²) < 4.78 is 4.97. The third-order valence-electron chi connectivity index (χ3n) is 12.7. The van der Waals surface area contributed by atoms with Crippen LogP contribution in [0.25, 0.3) is 88.0 Å². The van der Waals surface area contributed by atoms with Gasteiger partial charge < -0.3 is 9.13 Å². The first-order chi connectivity index (χ1) is 27.3. The van der Waals surface area contributed by atoms with Gasteiger partial charge in [-0.05, 0) is 104 Å². The second-order valence-electron chi connectivity index (χ2n) is 15.2. The molecular weight excluding hydrogens is 665 g/mol. The van der Waals surface area contributed by atoms with Crippen LogP contribution in [-0.4, -0.2) is 9.13 Å². The van der Waals surface area contributed by atoms with E-state index in [-0.39, 0.29) is 0 Å². The smallest absolute Gasteiger partial charge is 0.0726 e. The molecular formula is C53H32N2. The maximum Gasteiger partial charge on any atom is 0.0726 e. The van der Waals surface area contributed by atoms with Gasteiger partial charge in [0.25, 0.3) is 0 Å². The molecule has 1 spiro atoms. The Labute approximate surface area is 317 Å². The van der Waals surface area contributed by atoms with Gasteiger partial charge >= 0.3 is 0 Å². The molecule has 2 heterocycles. The Hall–Kier alpha value is -7.16. The highest BCUT2D eigenvalue weighted by molar-refractivity contribution is 6.25. The summed E-state index contributed by atoms with van der Waals surface area (Å²) in [5.41, 5.74) is 17.5. The third kappa shape index (κ3) is 3.60. The second-order valence-corrected chi connectivity index (χ2v) is 15.2. The maximum atomic E-state index is 2.51. The average Bonchev–Trinajstić information content (AvgIpc) is 3.95. The summed E-state index contributed by atoms with van der Waals surface area (Å²) in [5.74, 6) is 0. The van der Waals surface area contributed by atoms with E-state index in [9.17, 15) is 0 Å². The van der Waals surface area contributed by atoms with E-state index in [1.165, 1.54) is 105 Å². The Kier molecular flexibility index (Phi) is 5.59. The van der Waals surface area contributed by atoms with Crippen LogP contribution in [0.3, 0.4) is 0 Å². The molecule has 9 aromatic carbocycles. The lowest BCUT2D eigenvalue weighted by molar-refractivity contribution is 0.792. The normalized spacial score (nSPS) is 13.6. The van der Waals surface area contributed by atoms with Gasteiger partial charge in [-0.25, -0.2) is 0 Å². The van der Waals surface area contributed by atoms with Crippen LogP contribution < -0.4 is 0 Å². The molecule has 0 atom stereocenters. The monoisotopic (exact) mass is 696 g/mol. The zero-order valence-electron chi connectivity index (χ0n) is 29.9. The molecule has 55 heavy (non-hydrogen) atoms. The molecule has 0 saturated carbocycles. The Morgan fingerprint density at radius 1 is 0.291 bits per heavy atom. The Morgan fingerprint density at radius 2 is 0.855 bits per heavy atom. The van der Waals surface area contributed by atoms with Crippen molar-refractivity contribution in [3.8, 4) is 33.6 Å². The van der Waals surface area contributed by atoms with Gasteiger partial charge in [0, 0.05) is 32.9 Å². The highest BCUT2D eigenvalue weighted by atomic mass is 15.0. The van der Waals surface area contributed by atoms with E-state index in [0.29, 0.717) is 0 Å². The molecule has 2 aromatic heterocycles. The van der Waals surface area contributed by atoms with Gasteiger partial charge in [0.15, 0.2) is 0 Å². The van der Waals surface area contributed by atoms with Crippen molar-refractivity contribution >= 4 is 54.4 Å². The van der Waals surface area contributed by atoms with E-state index in [4.69, 9.17) is 0 Å². The Balaban J connectivity index is 1.16. The molecule has 0 amide bonds. The van der Waals surface area contributed by atoms with Crippen molar-refractivity contribution in [2.75, 3.05) is 0 Å². The molecule has 0 saturated heterocycles. The Morgan fingerprint density at radius 3 is 1.58 bits per heavy atom. The summed E-state index contributed by atoms with van der Waals surface area (Å²) in [6.45, 7) is 0. The SMILES string of the molecule is c1ccc(-n2c3cc4c(cc3c3c5ccccc5ccc32)c2ccccc2n4-c2ccc3c(c2)C2(c4ccccc4-c4ccccc42)c2ccccc2-3)cc1. The number of hydrogen-bond donors (Lipinski definition) is 0. The zero-order valence-corrected chi connectivity index (χ0v) is 29.9. The van der Waals surface area contributed by atoms with E-state index >= 15 is 0 Å². The van der Waals surface area contributed by atoms with Crippen LogP contribution in [0.5, 0.6) is 0 Å². The van der Waals surface area contributed by atoms with E-state index in [1.807, 2.05) is 0 Å². The van der Waals surface area contributed by atoms with Crippen LogP contribution in [0.4, 0.5) is 0 Å². The lowest BCUT2D eigenvalue weighted by Gasteiger charge is -2.30. The van der Waals surface area contributed by atoms with Crippen molar-refractivity contribution < 1.29 is 0 Å². The molecule has 0 unspecified atom stereocenters. The molecule has 2 aliphatic rings. The third-order valence-corrected chi connectivity index (χ3v) is 12.7. The molecule has 2 heteroatoms. The van der Waals surface area contributed by atoms with Gasteiger partial charge in [0.1, 0.15) is 0 Å². The van der Waals surface area contributed by atoms with Gasteiger partial charge in [0.05, 0.1) is 27.5 Å². The van der Waals surface area contributed by atoms with Gasteiger partial charge in [-0.15, -0.1) is 0 Å². The fourth-order valence-corrected chi connectivity index (χ4v) is 10.6. The van der Waals surface area contributed by atoms with Crippen LogP contribution in [0, 0.1) is 0 Å². The standard InChI is InChI=1S/C53H32N2/c1-2-15-34(16-3-1)54-49-29-26-33-14-4-5-17-36(33)52(49)43-31-42-41-21-9-13-25-48(41)55(50(42)32-51(43)54)35-27-28-40-39-20-8-12-24-46(39)53(47(40)30-35)44-22-10-6-18-37(44)38-19-7-11-23-45(38)53/h1-32H. The minimum atomic E-state index is -0.401. The minimum absolute atomic E-state index is 0.401. The number of para-hydroxylation sites is 2. The fourth-order valence-electron chi connectivity index (χ4n) is 10.6. The van der Waals surface area contributed by atoms with Crippen molar-refractivity contribution in [3.63, 3.8) is 0 Å². The van der Waals surface area contributed by atoms with Crippen LogP contribution in [0.15, 0.2) is 194 Å². The van der Waals surface area contributed by atoms with Crippen LogP contribution in [0.2, 0.25) is 0 Å². The van der Waals surface area contributed by atoms with Crippen molar-refractivity contribution in [3.05, 3.63) is 216 Å². The molecule has 0 aliphatic heterocycles. The van der Waals surface area contributed by atoms with Gasteiger partial charge in [-0.1, -0.05) is 146 Å². The highest BCUT2D eigenvalue weighted by Gasteiger charge is 2.51. The lowest BCUT2D eigenvalue weighted by Crippen LogP contribution is -2.26. The largest absolute Gasteiger partial charge is 0.309 e.